The summed E-state index contributed by atoms with van der Waals surface area (Å²) in [6, 6.07) is 0.323. The van der Waals surface area contributed by atoms with Crippen LogP contribution in [-0.2, 0) is 10.2 Å². The summed E-state index contributed by atoms with van der Waals surface area (Å²) in [4.78, 5) is 2.23. The van der Waals surface area contributed by atoms with Crippen molar-refractivity contribution in [3.05, 3.63) is 0 Å². The number of nitrogens with one attached hydrogen (secondary N) is 1. The van der Waals surface area contributed by atoms with E-state index in [0.717, 1.165) is 19.5 Å². The van der Waals surface area contributed by atoms with Crippen LogP contribution in [0.1, 0.15) is 20.3 Å². The van der Waals surface area contributed by atoms with Crippen molar-refractivity contribution in [3.8, 4) is 0 Å². The summed E-state index contributed by atoms with van der Waals surface area (Å²) in [5, 5.41) is 0. The average molecular weight is 264 g/mol. The van der Waals surface area contributed by atoms with Gasteiger partial charge in [0.05, 0.1) is 0 Å². The topological polar surface area (TPSA) is 78.7 Å². The predicted octanol–water partition coefficient (Wildman–Crippen LogP) is -0.804. The first kappa shape index (κ1) is 14.8. The van der Waals surface area contributed by atoms with E-state index < -0.39 is 10.2 Å². The van der Waals surface area contributed by atoms with E-state index in [4.69, 9.17) is 5.73 Å². The molecule has 1 aliphatic rings. The molecule has 0 aliphatic carbocycles. The fraction of sp³-hybridized carbons (Fsp3) is 1.00. The van der Waals surface area contributed by atoms with E-state index in [1.54, 1.807) is 0 Å². The van der Waals surface area contributed by atoms with Gasteiger partial charge in [-0.05, 0) is 13.3 Å². The number of hydrogen-bond donors (Lipinski definition) is 2. The maximum atomic E-state index is 11.9. The quantitative estimate of drug-likeness (QED) is 0.658. The summed E-state index contributed by atoms with van der Waals surface area (Å²) in [5.74, 6) is 0. The van der Waals surface area contributed by atoms with Crippen LogP contribution in [0, 0.1) is 0 Å². The zero-order valence-electron chi connectivity index (χ0n) is 10.7. The molecule has 1 aliphatic heterocycles. The Morgan fingerprint density at radius 2 is 1.88 bits per heavy atom. The smallest absolute Gasteiger partial charge is 0.279 e. The van der Waals surface area contributed by atoms with Crippen molar-refractivity contribution in [3.63, 3.8) is 0 Å². The molecule has 0 aromatic heterocycles. The maximum Gasteiger partial charge on any atom is 0.279 e. The monoisotopic (exact) mass is 264 g/mol. The molecule has 0 spiro atoms. The second-order valence-electron chi connectivity index (χ2n) is 4.42. The van der Waals surface area contributed by atoms with E-state index >= 15 is 0 Å². The summed E-state index contributed by atoms with van der Waals surface area (Å²) in [6.07, 6.45) is 0.809. The molecule has 1 unspecified atom stereocenters. The van der Waals surface area contributed by atoms with E-state index in [9.17, 15) is 8.42 Å². The van der Waals surface area contributed by atoms with Crippen molar-refractivity contribution >= 4 is 10.2 Å². The fourth-order valence-corrected chi connectivity index (χ4v) is 3.14. The molecule has 0 aromatic carbocycles. The van der Waals surface area contributed by atoms with Crippen molar-refractivity contribution < 1.29 is 8.42 Å². The Bertz CT molecular complexity index is 312. The number of piperazine rings is 1. The SMILES string of the molecule is CCCNS(=O)(=O)N1CCN(C(C)CN)CC1. The molecule has 7 heteroatoms. The highest BCUT2D eigenvalue weighted by molar-refractivity contribution is 7.87. The minimum absolute atomic E-state index is 0.323. The molecule has 0 saturated carbocycles. The molecule has 1 rings (SSSR count). The molecular weight excluding hydrogens is 240 g/mol. The summed E-state index contributed by atoms with van der Waals surface area (Å²) in [6.45, 7) is 7.73. The molecule has 0 radical (unpaired) electrons. The molecule has 1 fully saturated rings. The van der Waals surface area contributed by atoms with Gasteiger partial charge in [0.1, 0.15) is 0 Å². The molecule has 0 amide bonds. The van der Waals surface area contributed by atoms with Gasteiger partial charge < -0.3 is 5.73 Å². The van der Waals surface area contributed by atoms with Gasteiger partial charge in [0, 0.05) is 45.3 Å². The Labute approximate surface area is 104 Å². The van der Waals surface area contributed by atoms with E-state index in [-0.39, 0.29) is 0 Å². The minimum Gasteiger partial charge on any atom is -0.329 e. The van der Waals surface area contributed by atoms with Crippen LogP contribution in [0.4, 0.5) is 0 Å². The normalized spacial score (nSPS) is 21.6. The van der Waals surface area contributed by atoms with Crippen LogP contribution in [0.3, 0.4) is 0 Å². The number of nitrogens with two attached hydrogens (primary N) is 1. The van der Waals surface area contributed by atoms with Crippen LogP contribution >= 0.6 is 0 Å². The third-order valence-electron chi connectivity index (χ3n) is 3.11. The van der Waals surface area contributed by atoms with Crippen LogP contribution in [0.15, 0.2) is 0 Å². The van der Waals surface area contributed by atoms with E-state index in [1.807, 2.05) is 6.92 Å². The molecule has 1 saturated heterocycles. The minimum atomic E-state index is -3.28. The molecule has 0 aromatic rings. The van der Waals surface area contributed by atoms with Crippen LogP contribution in [0.2, 0.25) is 0 Å². The summed E-state index contributed by atoms with van der Waals surface area (Å²) < 4.78 is 27.8. The van der Waals surface area contributed by atoms with Crippen molar-refractivity contribution in [1.29, 1.82) is 0 Å². The van der Waals surface area contributed by atoms with Gasteiger partial charge in [-0.2, -0.15) is 12.7 Å². The van der Waals surface area contributed by atoms with E-state index in [1.165, 1.54) is 4.31 Å². The summed E-state index contributed by atoms with van der Waals surface area (Å²) in [5.41, 5.74) is 5.60. The second-order valence-corrected chi connectivity index (χ2v) is 6.17. The van der Waals surface area contributed by atoms with Crippen molar-refractivity contribution in [2.24, 2.45) is 5.73 Å². The lowest BCUT2D eigenvalue weighted by atomic mass is 10.2. The third-order valence-corrected chi connectivity index (χ3v) is 4.73. The van der Waals surface area contributed by atoms with Gasteiger partial charge in [-0.3, -0.25) is 4.90 Å². The van der Waals surface area contributed by atoms with Crippen LogP contribution in [0.5, 0.6) is 0 Å². The molecule has 102 valence electrons. The Morgan fingerprint density at radius 1 is 1.29 bits per heavy atom. The molecule has 0 bridgehead atoms. The third kappa shape index (κ3) is 4.18. The zero-order valence-corrected chi connectivity index (χ0v) is 11.5. The predicted molar refractivity (Wildman–Crippen MR) is 68.9 cm³/mol. The highest BCUT2D eigenvalue weighted by Gasteiger charge is 2.27. The average Bonchev–Trinajstić information content (AvgIpc) is 2.35. The first-order valence-corrected chi connectivity index (χ1v) is 7.64. The second kappa shape index (κ2) is 6.65. The number of nitrogens with zero attached hydrogens (tertiary/aromatic N) is 2. The molecule has 17 heavy (non-hydrogen) atoms. The lowest BCUT2D eigenvalue weighted by Gasteiger charge is -2.36. The molecule has 6 nitrogen and oxygen atoms in total. The molecule has 1 heterocycles. The van der Waals surface area contributed by atoms with Crippen molar-refractivity contribution in [2.75, 3.05) is 39.3 Å². The summed E-state index contributed by atoms with van der Waals surface area (Å²) >= 11 is 0. The van der Waals surface area contributed by atoms with Crippen LogP contribution < -0.4 is 10.5 Å². The van der Waals surface area contributed by atoms with Gasteiger partial charge >= 0.3 is 0 Å². The van der Waals surface area contributed by atoms with Gasteiger partial charge in [0.25, 0.3) is 10.2 Å². The van der Waals surface area contributed by atoms with Gasteiger partial charge in [-0.15, -0.1) is 0 Å². The highest BCUT2D eigenvalue weighted by atomic mass is 32.2. The van der Waals surface area contributed by atoms with Gasteiger partial charge in [-0.25, -0.2) is 4.72 Å². The van der Waals surface area contributed by atoms with Crippen molar-refractivity contribution in [2.45, 2.75) is 26.3 Å². The standard InChI is InChI=1S/C10H24N4O2S/c1-3-4-12-17(15,16)14-7-5-13(6-8-14)10(2)9-11/h10,12H,3-9,11H2,1-2H3. The Balaban J connectivity index is 2.46. The van der Waals surface area contributed by atoms with Crippen molar-refractivity contribution in [1.82, 2.24) is 13.9 Å². The Morgan fingerprint density at radius 3 is 2.35 bits per heavy atom. The fourth-order valence-electron chi connectivity index (χ4n) is 1.86. The summed E-state index contributed by atoms with van der Waals surface area (Å²) in [7, 11) is -3.28. The first-order valence-electron chi connectivity index (χ1n) is 6.20. The van der Waals surface area contributed by atoms with Gasteiger partial charge in [-0.1, -0.05) is 6.92 Å². The molecule has 3 N–H and O–H groups in total. The Hall–Kier alpha value is -0.210. The van der Waals surface area contributed by atoms with Gasteiger partial charge in [0.15, 0.2) is 0 Å². The largest absolute Gasteiger partial charge is 0.329 e. The lowest BCUT2D eigenvalue weighted by molar-refractivity contribution is 0.148. The zero-order chi connectivity index (χ0) is 12.9. The molecule has 1 atom stereocenters. The number of rotatable bonds is 6. The Kier molecular flexibility index (Phi) is 5.81. The van der Waals surface area contributed by atoms with Crippen LogP contribution in [0.25, 0.3) is 0 Å². The maximum absolute atomic E-state index is 11.9. The van der Waals surface area contributed by atoms with Gasteiger partial charge in [0.2, 0.25) is 0 Å². The lowest BCUT2D eigenvalue weighted by Crippen LogP contribution is -2.55. The van der Waals surface area contributed by atoms with E-state index in [2.05, 4.69) is 16.5 Å². The number of hydrogen-bond acceptors (Lipinski definition) is 4. The van der Waals surface area contributed by atoms with E-state index in [0.29, 0.717) is 32.2 Å². The molecular formula is C10H24N4O2S. The first-order chi connectivity index (χ1) is 8.01. The highest BCUT2D eigenvalue weighted by Crippen LogP contribution is 2.08. The van der Waals surface area contributed by atoms with Crippen LogP contribution in [-0.4, -0.2) is 62.9 Å².